The maximum Gasteiger partial charge on any atom is 0.0730 e. The summed E-state index contributed by atoms with van der Waals surface area (Å²) in [7, 11) is 0. The molecule has 0 aromatic carbocycles. The molecule has 0 aliphatic heterocycles. The van der Waals surface area contributed by atoms with Gasteiger partial charge in [-0.25, -0.2) is 0 Å². The fourth-order valence-electron chi connectivity index (χ4n) is 3.51. The van der Waals surface area contributed by atoms with Crippen LogP contribution in [0.5, 0.6) is 0 Å². The van der Waals surface area contributed by atoms with Crippen molar-refractivity contribution in [1.29, 1.82) is 0 Å². The Hall–Kier alpha value is -0.0800. The van der Waals surface area contributed by atoms with Crippen LogP contribution in [0, 0.1) is 11.8 Å². The van der Waals surface area contributed by atoms with Crippen LogP contribution in [-0.2, 0) is 4.74 Å². The molecule has 2 heteroatoms. The van der Waals surface area contributed by atoms with E-state index in [1.807, 2.05) is 0 Å². The molecule has 0 saturated heterocycles. The van der Waals surface area contributed by atoms with Gasteiger partial charge in [0.15, 0.2) is 0 Å². The Morgan fingerprint density at radius 2 is 1.89 bits per heavy atom. The fourth-order valence-corrected chi connectivity index (χ4v) is 3.51. The Morgan fingerprint density at radius 1 is 1.11 bits per heavy atom. The van der Waals surface area contributed by atoms with E-state index in [9.17, 15) is 0 Å². The Morgan fingerprint density at radius 3 is 2.61 bits per heavy atom. The van der Waals surface area contributed by atoms with Crippen molar-refractivity contribution in [3.05, 3.63) is 0 Å². The van der Waals surface area contributed by atoms with Crippen LogP contribution in [0.2, 0.25) is 0 Å². The van der Waals surface area contributed by atoms with Crippen LogP contribution in [0.15, 0.2) is 0 Å². The molecule has 2 aliphatic carbocycles. The van der Waals surface area contributed by atoms with Gasteiger partial charge < -0.3 is 10.1 Å². The first kappa shape index (κ1) is 14.3. The molecule has 0 heterocycles. The lowest BCUT2D eigenvalue weighted by molar-refractivity contribution is -0.0225. The van der Waals surface area contributed by atoms with Gasteiger partial charge in [-0.3, -0.25) is 0 Å². The SMILES string of the molecule is CCCNC1CCC(C)CC1OCC1CCCC1. The van der Waals surface area contributed by atoms with Crippen molar-refractivity contribution in [2.75, 3.05) is 13.2 Å². The molecule has 1 N–H and O–H groups in total. The monoisotopic (exact) mass is 253 g/mol. The van der Waals surface area contributed by atoms with Gasteiger partial charge in [0.05, 0.1) is 6.10 Å². The van der Waals surface area contributed by atoms with Crippen LogP contribution in [0.25, 0.3) is 0 Å². The minimum atomic E-state index is 0.473. The van der Waals surface area contributed by atoms with Gasteiger partial charge in [-0.05, 0) is 56.9 Å². The third kappa shape index (κ3) is 4.24. The molecular formula is C16H31NO. The average Bonchev–Trinajstić information content (AvgIpc) is 2.88. The zero-order valence-corrected chi connectivity index (χ0v) is 12.3. The predicted octanol–water partition coefficient (Wildman–Crippen LogP) is 3.75. The van der Waals surface area contributed by atoms with Gasteiger partial charge >= 0.3 is 0 Å². The second-order valence-corrected chi connectivity index (χ2v) is 6.50. The van der Waals surface area contributed by atoms with E-state index >= 15 is 0 Å². The Labute approximate surface area is 113 Å². The smallest absolute Gasteiger partial charge is 0.0730 e. The normalized spacial score (nSPS) is 34.0. The van der Waals surface area contributed by atoms with Crippen molar-refractivity contribution in [2.45, 2.75) is 77.4 Å². The minimum absolute atomic E-state index is 0.473. The topological polar surface area (TPSA) is 21.3 Å². The van der Waals surface area contributed by atoms with Crippen molar-refractivity contribution in [3.8, 4) is 0 Å². The first-order valence-electron chi connectivity index (χ1n) is 8.14. The zero-order valence-electron chi connectivity index (χ0n) is 12.3. The third-order valence-electron chi connectivity index (χ3n) is 4.73. The van der Waals surface area contributed by atoms with Crippen LogP contribution in [0.3, 0.4) is 0 Å². The largest absolute Gasteiger partial charge is 0.376 e. The number of ether oxygens (including phenoxy) is 1. The molecule has 0 spiro atoms. The summed E-state index contributed by atoms with van der Waals surface area (Å²) in [6, 6.07) is 0.613. The van der Waals surface area contributed by atoms with E-state index in [2.05, 4.69) is 19.2 Å². The van der Waals surface area contributed by atoms with Crippen molar-refractivity contribution < 1.29 is 4.74 Å². The van der Waals surface area contributed by atoms with Crippen LogP contribution in [0.1, 0.15) is 65.2 Å². The van der Waals surface area contributed by atoms with Crippen LogP contribution < -0.4 is 5.32 Å². The Balaban J connectivity index is 1.76. The van der Waals surface area contributed by atoms with Crippen molar-refractivity contribution in [1.82, 2.24) is 5.32 Å². The molecular weight excluding hydrogens is 222 g/mol. The summed E-state index contributed by atoms with van der Waals surface area (Å²) in [5, 5.41) is 3.69. The molecule has 0 aromatic heterocycles. The molecule has 0 aromatic rings. The molecule has 2 saturated carbocycles. The zero-order chi connectivity index (χ0) is 12.8. The summed E-state index contributed by atoms with van der Waals surface area (Å²) in [5.41, 5.74) is 0. The van der Waals surface area contributed by atoms with E-state index in [-0.39, 0.29) is 0 Å². The molecule has 0 amide bonds. The molecule has 2 rings (SSSR count). The highest BCUT2D eigenvalue weighted by Crippen LogP contribution is 2.29. The van der Waals surface area contributed by atoms with Gasteiger partial charge in [-0.2, -0.15) is 0 Å². The third-order valence-corrected chi connectivity index (χ3v) is 4.73. The first-order valence-corrected chi connectivity index (χ1v) is 8.14. The lowest BCUT2D eigenvalue weighted by Gasteiger charge is -2.36. The Kier molecular flexibility index (Phi) is 5.97. The summed E-state index contributed by atoms with van der Waals surface area (Å²) in [6.45, 7) is 6.78. The average molecular weight is 253 g/mol. The van der Waals surface area contributed by atoms with Crippen molar-refractivity contribution >= 4 is 0 Å². The van der Waals surface area contributed by atoms with Gasteiger partial charge in [-0.15, -0.1) is 0 Å². The summed E-state index contributed by atoms with van der Waals surface area (Å²) in [5.74, 6) is 1.70. The van der Waals surface area contributed by atoms with E-state index in [4.69, 9.17) is 4.74 Å². The molecule has 106 valence electrons. The fraction of sp³-hybridized carbons (Fsp3) is 1.00. The van der Waals surface area contributed by atoms with E-state index in [1.165, 1.54) is 51.4 Å². The van der Waals surface area contributed by atoms with Gasteiger partial charge in [0.1, 0.15) is 0 Å². The standard InChI is InChI=1S/C16H31NO/c1-3-10-17-15-9-8-13(2)11-16(15)18-12-14-6-4-5-7-14/h13-17H,3-12H2,1-2H3. The number of nitrogens with one attached hydrogen (secondary N) is 1. The van der Waals surface area contributed by atoms with Crippen molar-refractivity contribution in [3.63, 3.8) is 0 Å². The van der Waals surface area contributed by atoms with E-state index in [0.29, 0.717) is 12.1 Å². The highest BCUT2D eigenvalue weighted by atomic mass is 16.5. The highest BCUT2D eigenvalue weighted by Gasteiger charge is 2.29. The molecule has 2 aliphatic rings. The Bertz CT molecular complexity index is 223. The van der Waals surface area contributed by atoms with E-state index in [1.54, 1.807) is 0 Å². The number of hydrogen-bond acceptors (Lipinski definition) is 2. The second kappa shape index (κ2) is 7.49. The van der Waals surface area contributed by atoms with Gasteiger partial charge in [-0.1, -0.05) is 26.7 Å². The summed E-state index contributed by atoms with van der Waals surface area (Å²) in [4.78, 5) is 0. The van der Waals surface area contributed by atoms with Crippen LogP contribution in [0.4, 0.5) is 0 Å². The first-order chi connectivity index (χ1) is 8.79. The summed E-state index contributed by atoms with van der Waals surface area (Å²) >= 11 is 0. The van der Waals surface area contributed by atoms with E-state index in [0.717, 1.165) is 25.0 Å². The maximum atomic E-state index is 6.28. The van der Waals surface area contributed by atoms with Gasteiger partial charge in [0.2, 0.25) is 0 Å². The van der Waals surface area contributed by atoms with E-state index < -0.39 is 0 Å². The van der Waals surface area contributed by atoms with Crippen molar-refractivity contribution in [2.24, 2.45) is 11.8 Å². The number of hydrogen-bond donors (Lipinski definition) is 1. The van der Waals surface area contributed by atoms with Crippen LogP contribution in [-0.4, -0.2) is 25.3 Å². The quantitative estimate of drug-likeness (QED) is 0.778. The lowest BCUT2D eigenvalue weighted by Crippen LogP contribution is -2.46. The predicted molar refractivity (Wildman–Crippen MR) is 76.8 cm³/mol. The number of rotatable bonds is 6. The molecule has 2 nitrogen and oxygen atoms in total. The summed E-state index contributed by atoms with van der Waals surface area (Å²) in [6.07, 6.45) is 11.3. The van der Waals surface area contributed by atoms with Crippen LogP contribution >= 0.6 is 0 Å². The molecule has 18 heavy (non-hydrogen) atoms. The molecule has 0 bridgehead atoms. The minimum Gasteiger partial charge on any atom is -0.376 e. The highest BCUT2D eigenvalue weighted by molar-refractivity contribution is 4.85. The second-order valence-electron chi connectivity index (χ2n) is 6.50. The van der Waals surface area contributed by atoms with Gasteiger partial charge in [0.25, 0.3) is 0 Å². The maximum absolute atomic E-state index is 6.28. The van der Waals surface area contributed by atoms with Gasteiger partial charge in [0, 0.05) is 12.6 Å². The molecule has 3 unspecified atom stereocenters. The summed E-state index contributed by atoms with van der Waals surface area (Å²) < 4.78 is 6.28. The molecule has 3 atom stereocenters. The molecule has 0 radical (unpaired) electrons. The molecule has 2 fully saturated rings. The lowest BCUT2D eigenvalue weighted by atomic mass is 9.85.